The summed E-state index contributed by atoms with van der Waals surface area (Å²) >= 11 is 0. The molecule has 0 aliphatic heterocycles. The fraction of sp³-hybridized carbons (Fsp3) is 0.722. The highest BCUT2D eigenvalue weighted by Crippen LogP contribution is 2.67. The van der Waals surface area contributed by atoms with E-state index in [1.807, 2.05) is 6.08 Å². The summed E-state index contributed by atoms with van der Waals surface area (Å²) in [5.41, 5.74) is 3.00. The Morgan fingerprint density at radius 3 is 2.38 bits per heavy atom. The van der Waals surface area contributed by atoms with E-state index in [1.165, 1.54) is 24.8 Å². The Balaban J connectivity index is 2.07. The molecule has 0 saturated heterocycles. The topological polar surface area (TPSA) is 39.1 Å². The number of rotatable bonds is 7. The Morgan fingerprint density at radius 2 is 1.95 bits per heavy atom. The van der Waals surface area contributed by atoms with Crippen molar-refractivity contribution in [3.8, 4) is 6.07 Å². The number of allylic oxidation sites excluding steroid dienone is 4. The lowest BCUT2D eigenvalue weighted by molar-refractivity contribution is -0.162. The highest BCUT2D eigenvalue weighted by Gasteiger charge is 2.67. The van der Waals surface area contributed by atoms with Crippen LogP contribution in [-0.2, 0) is 0 Å². The summed E-state index contributed by atoms with van der Waals surface area (Å²) in [6.45, 7) is 9.64. The molecule has 0 aromatic carbocycles. The molecule has 2 bridgehead atoms. The first-order chi connectivity index (χ1) is 9.89. The SMILES string of the molecule is CC/C(C)=C/C=C(/C#N)N(CC12CC(NC)(C1)C2)C(C)C. The normalized spacial score (nSPS) is 31.5. The Hall–Kier alpha value is -1.27. The van der Waals surface area contributed by atoms with Crippen LogP contribution in [0.25, 0.3) is 0 Å². The molecule has 0 aromatic rings. The minimum atomic E-state index is 0.366. The van der Waals surface area contributed by atoms with Crippen LogP contribution in [0, 0.1) is 16.7 Å². The van der Waals surface area contributed by atoms with Gasteiger partial charge in [0, 0.05) is 18.1 Å². The number of nitrogens with one attached hydrogen (secondary N) is 1. The molecule has 3 fully saturated rings. The van der Waals surface area contributed by atoms with E-state index in [2.05, 4.69) is 57.1 Å². The summed E-state index contributed by atoms with van der Waals surface area (Å²) in [5, 5.41) is 13.0. The second-order valence-electron chi connectivity index (χ2n) is 7.31. The van der Waals surface area contributed by atoms with Crippen LogP contribution >= 0.6 is 0 Å². The molecule has 0 heterocycles. The van der Waals surface area contributed by atoms with Crippen molar-refractivity contribution >= 4 is 0 Å². The van der Waals surface area contributed by atoms with E-state index in [9.17, 15) is 5.26 Å². The third kappa shape index (κ3) is 3.01. The molecule has 21 heavy (non-hydrogen) atoms. The van der Waals surface area contributed by atoms with Crippen molar-refractivity contribution in [1.29, 1.82) is 5.26 Å². The number of nitrogens with zero attached hydrogens (tertiary/aromatic N) is 2. The molecule has 3 nitrogen and oxygen atoms in total. The standard InChI is InChI=1S/C18H29N3/c1-6-15(4)7-8-16(9-19)21(14(2)3)13-17-10-18(11-17,12-17)20-5/h7-8,14,20H,6,10-13H2,1-5H3/b15-7+,16-8-. The molecule has 0 unspecified atom stereocenters. The molecule has 0 aromatic heterocycles. The second kappa shape index (κ2) is 5.85. The van der Waals surface area contributed by atoms with Crippen molar-refractivity contribution in [1.82, 2.24) is 10.2 Å². The highest BCUT2D eigenvalue weighted by molar-refractivity contribution is 5.30. The van der Waals surface area contributed by atoms with Crippen molar-refractivity contribution in [3.05, 3.63) is 23.4 Å². The van der Waals surface area contributed by atoms with Crippen LogP contribution in [-0.4, -0.2) is 30.1 Å². The zero-order valence-electron chi connectivity index (χ0n) is 14.2. The zero-order chi connectivity index (χ0) is 15.7. The van der Waals surface area contributed by atoms with Gasteiger partial charge in [-0.25, -0.2) is 0 Å². The van der Waals surface area contributed by atoms with Gasteiger partial charge in [0.1, 0.15) is 11.8 Å². The second-order valence-corrected chi connectivity index (χ2v) is 7.31. The van der Waals surface area contributed by atoms with E-state index in [4.69, 9.17) is 0 Å². The predicted octanol–water partition coefficient (Wildman–Crippen LogP) is 3.60. The molecule has 0 atom stereocenters. The molecule has 0 radical (unpaired) electrons. The van der Waals surface area contributed by atoms with Gasteiger partial charge < -0.3 is 10.2 Å². The molecule has 3 aliphatic carbocycles. The van der Waals surface area contributed by atoms with Crippen molar-refractivity contribution in [2.45, 2.75) is 65.0 Å². The third-order valence-corrected chi connectivity index (χ3v) is 5.31. The summed E-state index contributed by atoms with van der Waals surface area (Å²) in [5.74, 6) is 0. The molecule has 3 heteroatoms. The van der Waals surface area contributed by atoms with Crippen molar-refractivity contribution in [3.63, 3.8) is 0 Å². The van der Waals surface area contributed by atoms with Gasteiger partial charge in [-0.1, -0.05) is 18.6 Å². The van der Waals surface area contributed by atoms with Crippen LogP contribution in [0.15, 0.2) is 23.4 Å². The van der Waals surface area contributed by atoms with Crippen molar-refractivity contribution in [2.75, 3.05) is 13.6 Å². The van der Waals surface area contributed by atoms with E-state index < -0.39 is 0 Å². The lowest BCUT2D eigenvalue weighted by Crippen LogP contribution is -2.75. The van der Waals surface area contributed by atoms with E-state index in [0.29, 0.717) is 17.0 Å². The van der Waals surface area contributed by atoms with Gasteiger partial charge in [-0.05, 0) is 65.0 Å². The number of hydrogen-bond donors (Lipinski definition) is 1. The maximum absolute atomic E-state index is 9.53. The maximum atomic E-state index is 9.53. The van der Waals surface area contributed by atoms with Gasteiger partial charge in [0.2, 0.25) is 0 Å². The van der Waals surface area contributed by atoms with E-state index in [-0.39, 0.29) is 0 Å². The lowest BCUT2D eigenvalue weighted by Gasteiger charge is -2.71. The van der Waals surface area contributed by atoms with Gasteiger partial charge >= 0.3 is 0 Å². The highest BCUT2D eigenvalue weighted by atomic mass is 15.2. The molecule has 3 aliphatic rings. The van der Waals surface area contributed by atoms with Crippen LogP contribution in [0.5, 0.6) is 0 Å². The number of hydrogen-bond acceptors (Lipinski definition) is 3. The zero-order valence-corrected chi connectivity index (χ0v) is 14.2. The van der Waals surface area contributed by atoms with E-state index >= 15 is 0 Å². The predicted molar refractivity (Wildman–Crippen MR) is 87.7 cm³/mol. The van der Waals surface area contributed by atoms with Gasteiger partial charge in [-0.3, -0.25) is 0 Å². The van der Waals surface area contributed by atoms with E-state index in [1.54, 1.807) is 0 Å². The largest absolute Gasteiger partial charge is 0.360 e. The van der Waals surface area contributed by atoms with E-state index in [0.717, 1.165) is 18.7 Å². The first-order valence-electron chi connectivity index (χ1n) is 8.12. The third-order valence-electron chi connectivity index (χ3n) is 5.31. The smallest absolute Gasteiger partial charge is 0.117 e. The van der Waals surface area contributed by atoms with Gasteiger partial charge in [0.05, 0.1) is 0 Å². The van der Waals surface area contributed by atoms with Gasteiger partial charge in [-0.2, -0.15) is 5.26 Å². The van der Waals surface area contributed by atoms with Gasteiger partial charge in [0.15, 0.2) is 0 Å². The fourth-order valence-electron chi connectivity index (χ4n) is 3.87. The Kier molecular flexibility index (Phi) is 4.49. The molecule has 0 amide bonds. The monoisotopic (exact) mass is 287 g/mol. The summed E-state index contributed by atoms with van der Waals surface area (Å²) in [6.07, 6.45) is 8.92. The van der Waals surface area contributed by atoms with Crippen molar-refractivity contribution < 1.29 is 0 Å². The van der Waals surface area contributed by atoms with Crippen LogP contribution in [0.3, 0.4) is 0 Å². The molecular formula is C18H29N3. The minimum Gasteiger partial charge on any atom is -0.360 e. The molecule has 116 valence electrons. The average molecular weight is 287 g/mol. The molecule has 0 spiro atoms. The number of nitriles is 1. The molecule has 3 saturated carbocycles. The Labute approximate surface area is 129 Å². The molecular weight excluding hydrogens is 258 g/mol. The summed E-state index contributed by atoms with van der Waals surface area (Å²) < 4.78 is 0. The summed E-state index contributed by atoms with van der Waals surface area (Å²) in [4.78, 5) is 2.29. The van der Waals surface area contributed by atoms with Crippen LogP contribution in [0.2, 0.25) is 0 Å². The molecule has 1 N–H and O–H groups in total. The fourth-order valence-corrected chi connectivity index (χ4v) is 3.87. The van der Waals surface area contributed by atoms with Crippen LogP contribution in [0.4, 0.5) is 0 Å². The Morgan fingerprint density at radius 1 is 1.33 bits per heavy atom. The van der Waals surface area contributed by atoms with Crippen molar-refractivity contribution in [2.24, 2.45) is 5.41 Å². The lowest BCUT2D eigenvalue weighted by atomic mass is 9.39. The first kappa shape index (κ1) is 16.1. The van der Waals surface area contributed by atoms with Crippen LogP contribution in [0.1, 0.15) is 53.4 Å². The first-order valence-corrected chi connectivity index (χ1v) is 8.12. The Bertz CT molecular complexity index is 473. The summed E-state index contributed by atoms with van der Waals surface area (Å²) in [7, 11) is 2.07. The van der Waals surface area contributed by atoms with Crippen LogP contribution < -0.4 is 5.32 Å². The van der Waals surface area contributed by atoms with Gasteiger partial charge in [-0.15, -0.1) is 0 Å². The van der Waals surface area contributed by atoms with Gasteiger partial charge in [0.25, 0.3) is 0 Å². The minimum absolute atomic E-state index is 0.366. The molecule has 3 rings (SSSR count). The maximum Gasteiger partial charge on any atom is 0.117 e. The quantitative estimate of drug-likeness (QED) is 0.574. The average Bonchev–Trinajstić information content (AvgIpc) is 2.38. The summed E-state index contributed by atoms with van der Waals surface area (Å²) in [6, 6.07) is 2.77.